The molecule has 0 atom stereocenters. The van der Waals surface area contributed by atoms with Crippen molar-refractivity contribution in [3.05, 3.63) is 82.3 Å². The summed E-state index contributed by atoms with van der Waals surface area (Å²) in [5, 5.41) is 5.47. The zero-order valence-corrected chi connectivity index (χ0v) is 15.5. The lowest BCUT2D eigenvalue weighted by Crippen LogP contribution is -2.12. The van der Waals surface area contributed by atoms with Gasteiger partial charge in [0.05, 0.1) is 16.8 Å². The molecule has 4 N–H and O–H groups in total. The van der Waals surface area contributed by atoms with Gasteiger partial charge in [-0.15, -0.1) is 11.3 Å². The van der Waals surface area contributed by atoms with E-state index in [-0.39, 0.29) is 5.91 Å². The number of nitrogens with zero attached hydrogens (tertiary/aromatic N) is 1. The second-order valence-corrected chi connectivity index (χ2v) is 7.03. The van der Waals surface area contributed by atoms with Crippen LogP contribution in [0.25, 0.3) is 22.7 Å². The first-order valence-electron chi connectivity index (χ1n) is 8.51. The lowest BCUT2D eigenvalue weighted by Gasteiger charge is -2.05. The van der Waals surface area contributed by atoms with Crippen LogP contribution in [0.5, 0.6) is 0 Å². The van der Waals surface area contributed by atoms with Crippen LogP contribution < -0.4 is 11.1 Å². The summed E-state index contributed by atoms with van der Waals surface area (Å²) >= 11 is 1.37. The Morgan fingerprint density at radius 1 is 1.14 bits per heavy atom. The summed E-state index contributed by atoms with van der Waals surface area (Å²) in [6, 6.07) is 14.6. The molecule has 0 saturated carbocycles. The highest BCUT2D eigenvalue weighted by molar-refractivity contribution is 7.12. The fourth-order valence-corrected chi connectivity index (χ4v) is 3.50. The topological polar surface area (TPSA) is 101 Å². The van der Waals surface area contributed by atoms with Crippen LogP contribution in [0.2, 0.25) is 0 Å². The molecule has 4 aromatic rings. The number of carbonyl (C=O) groups is 2. The van der Waals surface area contributed by atoms with Crippen molar-refractivity contribution >= 4 is 51.5 Å². The summed E-state index contributed by atoms with van der Waals surface area (Å²) in [5.74, 6) is -0.707. The number of rotatable bonds is 5. The van der Waals surface area contributed by atoms with E-state index >= 15 is 0 Å². The number of thiophene rings is 1. The fourth-order valence-electron chi connectivity index (χ4n) is 2.88. The normalized spacial score (nSPS) is 11.5. The number of anilines is 1. The molecule has 7 heteroatoms. The number of primary amides is 1. The van der Waals surface area contributed by atoms with E-state index in [9.17, 15) is 9.59 Å². The molecule has 1 aromatic carbocycles. The van der Waals surface area contributed by atoms with Gasteiger partial charge in [0.15, 0.2) is 0 Å². The highest BCUT2D eigenvalue weighted by atomic mass is 32.1. The second-order valence-electron chi connectivity index (χ2n) is 6.08. The molecule has 0 bridgehead atoms. The van der Waals surface area contributed by atoms with Gasteiger partial charge in [-0.25, -0.2) is 4.98 Å². The summed E-state index contributed by atoms with van der Waals surface area (Å²) in [7, 11) is 0. The summed E-state index contributed by atoms with van der Waals surface area (Å²) in [5.41, 5.74) is 8.70. The molecular formula is C21H16N4O2S. The average Bonchev–Trinajstić information content (AvgIpc) is 3.37. The molecule has 0 spiro atoms. The molecule has 0 radical (unpaired) electrons. The smallest absolute Gasteiger partial charge is 0.265 e. The van der Waals surface area contributed by atoms with E-state index in [1.54, 1.807) is 24.5 Å². The number of aromatic amines is 1. The van der Waals surface area contributed by atoms with Gasteiger partial charge in [-0.1, -0.05) is 36.4 Å². The summed E-state index contributed by atoms with van der Waals surface area (Å²) < 4.78 is 0. The van der Waals surface area contributed by atoms with Crippen LogP contribution in [-0.2, 0) is 4.79 Å². The summed E-state index contributed by atoms with van der Waals surface area (Å²) in [6.45, 7) is 0. The van der Waals surface area contributed by atoms with Crippen molar-refractivity contribution in [1.82, 2.24) is 9.97 Å². The average molecular weight is 388 g/mol. The lowest BCUT2D eigenvalue weighted by molar-refractivity contribution is -0.112. The second kappa shape index (κ2) is 7.50. The minimum absolute atomic E-state index is 0.189. The Morgan fingerprint density at radius 3 is 2.68 bits per heavy atom. The zero-order chi connectivity index (χ0) is 19.5. The number of hydrogen-bond acceptors (Lipinski definition) is 4. The highest BCUT2D eigenvalue weighted by Crippen LogP contribution is 2.25. The number of carbonyl (C=O) groups excluding carboxylic acids is 2. The number of fused-ring (bicyclic) bond motifs is 1. The molecule has 6 nitrogen and oxygen atoms in total. The van der Waals surface area contributed by atoms with Crippen molar-refractivity contribution in [3.63, 3.8) is 0 Å². The molecule has 0 unspecified atom stereocenters. The Labute approximate surface area is 164 Å². The van der Waals surface area contributed by atoms with Gasteiger partial charge in [0, 0.05) is 22.7 Å². The number of nitrogens with two attached hydrogens (primary N) is 1. The fraction of sp³-hybridized carbons (Fsp3) is 0. The molecule has 3 aromatic heterocycles. The SMILES string of the molecule is NC(=O)C(=Cc1c[nH]c2ncc(NC(=O)c3cccs3)cc12)c1ccccc1. The molecule has 0 fully saturated rings. The Kier molecular flexibility index (Phi) is 4.74. The maximum absolute atomic E-state index is 12.3. The Balaban J connectivity index is 1.71. The molecule has 28 heavy (non-hydrogen) atoms. The Hall–Kier alpha value is -3.71. The van der Waals surface area contributed by atoms with Gasteiger partial charge in [0.1, 0.15) is 5.65 Å². The number of hydrogen-bond donors (Lipinski definition) is 3. The summed E-state index contributed by atoms with van der Waals surface area (Å²) in [4.78, 5) is 32.3. The number of nitrogens with one attached hydrogen (secondary N) is 2. The molecule has 138 valence electrons. The minimum Gasteiger partial charge on any atom is -0.366 e. The number of benzene rings is 1. The number of amides is 2. The van der Waals surface area contributed by atoms with Gasteiger partial charge in [-0.2, -0.15) is 0 Å². The van der Waals surface area contributed by atoms with Gasteiger partial charge in [-0.3, -0.25) is 9.59 Å². The van der Waals surface area contributed by atoms with E-state index in [1.807, 2.05) is 47.8 Å². The van der Waals surface area contributed by atoms with Crippen molar-refractivity contribution in [3.8, 4) is 0 Å². The van der Waals surface area contributed by atoms with Gasteiger partial charge >= 0.3 is 0 Å². The Bertz CT molecular complexity index is 1180. The van der Waals surface area contributed by atoms with Crippen molar-refractivity contribution in [1.29, 1.82) is 0 Å². The predicted molar refractivity (Wildman–Crippen MR) is 112 cm³/mol. The van der Waals surface area contributed by atoms with Crippen LogP contribution in [0.1, 0.15) is 20.8 Å². The van der Waals surface area contributed by atoms with E-state index < -0.39 is 5.91 Å². The van der Waals surface area contributed by atoms with Crippen molar-refractivity contribution in [2.24, 2.45) is 5.73 Å². The van der Waals surface area contributed by atoms with E-state index in [0.29, 0.717) is 21.8 Å². The monoisotopic (exact) mass is 388 g/mol. The number of aromatic nitrogens is 2. The van der Waals surface area contributed by atoms with Crippen LogP contribution in [0.15, 0.2) is 66.3 Å². The predicted octanol–water partition coefficient (Wildman–Crippen LogP) is 3.90. The maximum Gasteiger partial charge on any atom is 0.265 e. The van der Waals surface area contributed by atoms with E-state index in [4.69, 9.17) is 5.73 Å². The van der Waals surface area contributed by atoms with Crippen LogP contribution in [-0.4, -0.2) is 21.8 Å². The first-order chi connectivity index (χ1) is 13.6. The molecule has 0 saturated heterocycles. The van der Waals surface area contributed by atoms with Crippen molar-refractivity contribution < 1.29 is 9.59 Å². The molecule has 4 rings (SSSR count). The maximum atomic E-state index is 12.3. The Morgan fingerprint density at radius 2 is 1.96 bits per heavy atom. The molecule has 0 aliphatic heterocycles. The van der Waals surface area contributed by atoms with Gasteiger partial charge < -0.3 is 16.0 Å². The van der Waals surface area contributed by atoms with Gasteiger partial charge in [0.25, 0.3) is 5.91 Å². The van der Waals surface area contributed by atoms with Crippen LogP contribution in [0, 0.1) is 0 Å². The molecular weight excluding hydrogens is 372 g/mol. The standard InChI is InChI=1S/C21H16N4O2S/c22-19(26)16(13-5-2-1-3-6-13)9-14-11-23-20-17(14)10-15(12-24-20)25-21(27)18-7-4-8-28-18/h1-12H,(H2,22,26)(H,23,24)(H,25,27). The molecule has 2 amide bonds. The first-order valence-corrected chi connectivity index (χ1v) is 9.38. The lowest BCUT2D eigenvalue weighted by atomic mass is 10.0. The minimum atomic E-state index is -0.518. The van der Waals surface area contributed by atoms with Gasteiger partial charge in [-0.05, 0) is 29.2 Å². The van der Waals surface area contributed by atoms with Crippen molar-refractivity contribution in [2.45, 2.75) is 0 Å². The molecule has 0 aliphatic carbocycles. The summed E-state index contributed by atoms with van der Waals surface area (Å²) in [6.07, 6.45) is 5.07. The van der Waals surface area contributed by atoms with E-state index in [1.165, 1.54) is 11.3 Å². The van der Waals surface area contributed by atoms with Gasteiger partial charge in [0.2, 0.25) is 5.91 Å². The van der Waals surface area contributed by atoms with E-state index in [2.05, 4.69) is 15.3 Å². The number of pyridine rings is 1. The largest absolute Gasteiger partial charge is 0.366 e. The third kappa shape index (κ3) is 3.56. The molecule has 3 heterocycles. The highest BCUT2D eigenvalue weighted by Gasteiger charge is 2.12. The van der Waals surface area contributed by atoms with Crippen molar-refractivity contribution in [2.75, 3.05) is 5.32 Å². The number of H-pyrrole nitrogens is 1. The molecule has 0 aliphatic rings. The third-order valence-electron chi connectivity index (χ3n) is 4.22. The van der Waals surface area contributed by atoms with Crippen LogP contribution in [0.4, 0.5) is 5.69 Å². The third-order valence-corrected chi connectivity index (χ3v) is 5.08. The van der Waals surface area contributed by atoms with Crippen LogP contribution >= 0.6 is 11.3 Å². The van der Waals surface area contributed by atoms with Crippen LogP contribution in [0.3, 0.4) is 0 Å². The zero-order valence-electron chi connectivity index (χ0n) is 14.7. The van der Waals surface area contributed by atoms with E-state index in [0.717, 1.165) is 16.5 Å². The quantitative estimate of drug-likeness (QED) is 0.452. The first kappa shape index (κ1) is 17.7.